The van der Waals surface area contributed by atoms with Gasteiger partial charge in [0.05, 0.1) is 17.2 Å². The van der Waals surface area contributed by atoms with Crippen LogP contribution in [0.2, 0.25) is 5.02 Å². The summed E-state index contributed by atoms with van der Waals surface area (Å²) in [6, 6.07) is 7.35. The minimum absolute atomic E-state index is 0.105. The third-order valence-corrected chi connectivity index (χ3v) is 5.25. The van der Waals surface area contributed by atoms with E-state index >= 15 is 0 Å². The highest BCUT2D eigenvalue weighted by Gasteiger charge is 2.31. The lowest BCUT2D eigenvalue weighted by Crippen LogP contribution is -2.38. The summed E-state index contributed by atoms with van der Waals surface area (Å²) in [6.07, 6.45) is 3.72. The molecule has 152 valence electrons. The van der Waals surface area contributed by atoms with Crippen LogP contribution in [0.15, 0.2) is 30.5 Å². The SMILES string of the molecule is Cc1ccc(Cl)c(OCC2(O)CCCN(CC(=O)Nc3ccn(C)n3)CC2)c1. The van der Waals surface area contributed by atoms with Crippen LogP contribution in [0.1, 0.15) is 24.8 Å². The van der Waals surface area contributed by atoms with Crippen molar-refractivity contribution >= 4 is 23.3 Å². The number of likely N-dealkylation sites (tertiary alicyclic amines) is 1. The van der Waals surface area contributed by atoms with Gasteiger partial charge in [0.25, 0.3) is 0 Å². The molecule has 0 aliphatic carbocycles. The van der Waals surface area contributed by atoms with Crippen molar-refractivity contribution < 1.29 is 14.6 Å². The summed E-state index contributed by atoms with van der Waals surface area (Å²) < 4.78 is 7.46. The number of aromatic nitrogens is 2. The lowest BCUT2D eigenvalue weighted by atomic mass is 9.96. The molecule has 8 heteroatoms. The normalized spacial score (nSPS) is 20.6. The topological polar surface area (TPSA) is 79.6 Å². The molecule has 0 radical (unpaired) electrons. The molecule has 0 saturated carbocycles. The summed E-state index contributed by atoms with van der Waals surface area (Å²) in [6.45, 7) is 3.80. The molecule has 1 amide bonds. The highest BCUT2D eigenvalue weighted by Crippen LogP contribution is 2.28. The van der Waals surface area contributed by atoms with Gasteiger partial charge in [-0.3, -0.25) is 14.4 Å². The van der Waals surface area contributed by atoms with Crippen LogP contribution >= 0.6 is 11.6 Å². The molecule has 1 fully saturated rings. The third kappa shape index (κ3) is 5.70. The zero-order chi connectivity index (χ0) is 20.1. The Labute approximate surface area is 170 Å². The number of nitrogens with one attached hydrogen (secondary N) is 1. The van der Waals surface area contributed by atoms with E-state index in [-0.39, 0.29) is 19.1 Å². The minimum atomic E-state index is -0.931. The molecule has 7 nitrogen and oxygen atoms in total. The Bertz CT molecular complexity index is 826. The van der Waals surface area contributed by atoms with Crippen molar-refractivity contribution in [1.29, 1.82) is 0 Å². The molecule has 28 heavy (non-hydrogen) atoms. The summed E-state index contributed by atoms with van der Waals surface area (Å²) in [5.74, 6) is 1.03. The van der Waals surface area contributed by atoms with Gasteiger partial charge < -0.3 is 15.2 Å². The number of nitrogens with zero attached hydrogens (tertiary/aromatic N) is 3. The first kappa shape index (κ1) is 20.6. The van der Waals surface area contributed by atoms with Crippen LogP contribution in [0.25, 0.3) is 0 Å². The standard InChI is InChI=1S/C20H27ClN4O3/c1-15-4-5-16(21)17(12-15)28-14-20(27)7-3-9-25(11-8-20)13-19(26)22-18-6-10-24(2)23-18/h4-6,10,12,27H,3,7-9,11,13-14H2,1-2H3,(H,22,23,26). The number of carbonyl (C=O) groups excluding carboxylic acids is 1. The van der Waals surface area contributed by atoms with E-state index in [1.807, 2.05) is 19.1 Å². The van der Waals surface area contributed by atoms with E-state index in [1.165, 1.54) is 0 Å². The summed E-state index contributed by atoms with van der Waals surface area (Å²) in [7, 11) is 1.80. The number of rotatable bonds is 6. The number of hydrogen-bond donors (Lipinski definition) is 2. The number of ether oxygens (including phenoxy) is 1. The fraction of sp³-hybridized carbons (Fsp3) is 0.500. The van der Waals surface area contributed by atoms with E-state index in [9.17, 15) is 9.90 Å². The van der Waals surface area contributed by atoms with Gasteiger partial charge in [-0.1, -0.05) is 17.7 Å². The van der Waals surface area contributed by atoms with Gasteiger partial charge in [-0.2, -0.15) is 5.10 Å². The number of aryl methyl sites for hydroxylation is 2. The van der Waals surface area contributed by atoms with Gasteiger partial charge in [0, 0.05) is 25.9 Å². The van der Waals surface area contributed by atoms with E-state index < -0.39 is 5.60 Å². The molecule has 3 rings (SSSR count). The van der Waals surface area contributed by atoms with Crippen LogP contribution in [0.4, 0.5) is 5.82 Å². The Morgan fingerprint density at radius 1 is 1.36 bits per heavy atom. The Morgan fingerprint density at radius 3 is 2.93 bits per heavy atom. The largest absolute Gasteiger partial charge is 0.489 e. The van der Waals surface area contributed by atoms with Crippen LogP contribution in [-0.2, 0) is 11.8 Å². The van der Waals surface area contributed by atoms with Gasteiger partial charge >= 0.3 is 0 Å². The van der Waals surface area contributed by atoms with Gasteiger partial charge in [-0.15, -0.1) is 0 Å². The van der Waals surface area contributed by atoms with E-state index in [1.54, 1.807) is 30.1 Å². The molecule has 0 spiro atoms. The van der Waals surface area contributed by atoms with Crippen LogP contribution in [0, 0.1) is 6.92 Å². The molecular formula is C20H27ClN4O3. The second-order valence-corrected chi connectivity index (χ2v) is 7.91. The zero-order valence-corrected chi connectivity index (χ0v) is 17.1. The Kier molecular flexibility index (Phi) is 6.59. The van der Waals surface area contributed by atoms with Crippen LogP contribution in [0.3, 0.4) is 0 Å². The number of hydrogen-bond acceptors (Lipinski definition) is 5. The molecule has 2 heterocycles. The predicted molar refractivity (Wildman–Crippen MR) is 109 cm³/mol. The van der Waals surface area contributed by atoms with E-state index in [2.05, 4.69) is 15.3 Å². The molecule has 1 atom stereocenters. The molecule has 1 aliphatic heterocycles. The molecule has 1 saturated heterocycles. The number of anilines is 1. The van der Waals surface area contributed by atoms with Crippen LogP contribution in [-0.4, -0.2) is 57.5 Å². The lowest BCUT2D eigenvalue weighted by Gasteiger charge is -2.27. The molecule has 1 aromatic carbocycles. The monoisotopic (exact) mass is 406 g/mol. The fourth-order valence-electron chi connectivity index (χ4n) is 3.34. The molecular weight excluding hydrogens is 380 g/mol. The maximum Gasteiger partial charge on any atom is 0.239 e. The summed E-state index contributed by atoms with van der Waals surface area (Å²) >= 11 is 6.17. The Hall–Kier alpha value is -2.09. The van der Waals surface area contributed by atoms with Crippen molar-refractivity contribution in [1.82, 2.24) is 14.7 Å². The first-order valence-corrected chi connectivity index (χ1v) is 9.84. The zero-order valence-electron chi connectivity index (χ0n) is 16.3. The minimum Gasteiger partial charge on any atom is -0.489 e. The quantitative estimate of drug-likeness (QED) is 0.770. The molecule has 2 aromatic rings. The second kappa shape index (κ2) is 8.94. The van der Waals surface area contributed by atoms with Crippen LogP contribution < -0.4 is 10.1 Å². The van der Waals surface area contributed by atoms with Gasteiger partial charge in [0.1, 0.15) is 12.4 Å². The average Bonchev–Trinajstić information content (AvgIpc) is 2.95. The van der Waals surface area contributed by atoms with Crippen molar-refractivity contribution in [2.45, 2.75) is 31.8 Å². The molecule has 0 bridgehead atoms. The van der Waals surface area contributed by atoms with Crippen molar-refractivity contribution in [2.75, 3.05) is 31.6 Å². The number of carbonyl (C=O) groups is 1. The Balaban J connectivity index is 1.50. The summed E-state index contributed by atoms with van der Waals surface area (Å²) in [5.41, 5.74) is 0.122. The maximum absolute atomic E-state index is 12.2. The van der Waals surface area contributed by atoms with Gasteiger partial charge in [-0.05, 0) is 50.4 Å². The predicted octanol–water partition coefficient (Wildman–Crippen LogP) is 2.62. The summed E-state index contributed by atoms with van der Waals surface area (Å²) in [5, 5.41) is 18.4. The molecule has 1 unspecified atom stereocenters. The second-order valence-electron chi connectivity index (χ2n) is 7.50. The fourth-order valence-corrected chi connectivity index (χ4v) is 3.51. The maximum atomic E-state index is 12.2. The van der Waals surface area contributed by atoms with Crippen LogP contribution in [0.5, 0.6) is 5.75 Å². The molecule has 1 aliphatic rings. The van der Waals surface area contributed by atoms with Gasteiger partial charge in [0.2, 0.25) is 5.91 Å². The highest BCUT2D eigenvalue weighted by molar-refractivity contribution is 6.32. The first-order valence-electron chi connectivity index (χ1n) is 9.46. The van der Waals surface area contributed by atoms with E-state index in [0.717, 1.165) is 18.5 Å². The Morgan fingerprint density at radius 2 is 2.18 bits per heavy atom. The third-order valence-electron chi connectivity index (χ3n) is 4.94. The first-order chi connectivity index (χ1) is 13.3. The smallest absolute Gasteiger partial charge is 0.239 e. The van der Waals surface area contributed by atoms with Crippen molar-refractivity contribution in [3.63, 3.8) is 0 Å². The number of halogens is 1. The molecule has 1 aromatic heterocycles. The summed E-state index contributed by atoms with van der Waals surface area (Å²) in [4.78, 5) is 14.3. The van der Waals surface area contributed by atoms with Gasteiger partial charge in [0.15, 0.2) is 5.82 Å². The van der Waals surface area contributed by atoms with Gasteiger partial charge in [-0.25, -0.2) is 0 Å². The van der Waals surface area contributed by atoms with E-state index in [4.69, 9.17) is 16.3 Å². The number of aliphatic hydroxyl groups is 1. The number of amides is 1. The lowest BCUT2D eigenvalue weighted by molar-refractivity contribution is -0.117. The number of benzene rings is 1. The highest BCUT2D eigenvalue weighted by atomic mass is 35.5. The molecule has 2 N–H and O–H groups in total. The van der Waals surface area contributed by atoms with Crippen molar-refractivity contribution in [3.8, 4) is 5.75 Å². The van der Waals surface area contributed by atoms with E-state index in [0.29, 0.717) is 36.0 Å². The average molecular weight is 407 g/mol. The van der Waals surface area contributed by atoms with Crippen molar-refractivity contribution in [3.05, 3.63) is 41.0 Å². The van der Waals surface area contributed by atoms with Crippen molar-refractivity contribution in [2.24, 2.45) is 7.05 Å².